The standard InChI is InChI=1S/C16H19N3O2/c20-15(11-6-2-1-3-7-11)18-19-16(21)13-10-17-14-9-5-4-8-12(13)14/h4-5,8-11,17H,1-3,6-7H2,(H,18,20)(H,19,21). The molecule has 0 spiro atoms. The van der Waals surface area contributed by atoms with Gasteiger partial charge in [0.1, 0.15) is 0 Å². The molecule has 2 aromatic rings. The lowest BCUT2D eigenvalue weighted by atomic mass is 9.89. The minimum absolute atomic E-state index is 0.0296. The van der Waals surface area contributed by atoms with E-state index < -0.39 is 0 Å². The van der Waals surface area contributed by atoms with E-state index in [1.54, 1.807) is 6.20 Å². The lowest BCUT2D eigenvalue weighted by Gasteiger charge is -2.20. The molecule has 1 aromatic carbocycles. The van der Waals surface area contributed by atoms with E-state index >= 15 is 0 Å². The second-order valence-electron chi connectivity index (χ2n) is 5.53. The van der Waals surface area contributed by atoms with Crippen molar-refractivity contribution in [1.82, 2.24) is 15.8 Å². The van der Waals surface area contributed by atoms with Crippen LogP contribution in [0.25, 0.3) is 10.9 Å². The molecule has 0 aliphatic heterocycles. The first-order valence-electron chi connectivity index (χ1n) is 7.42. The summed E-state index contributed by atoms with van der Waals surface area (Å²) in [6, 6.07) is 7.58. The van der Waals surface area contributed by atoms with Gasteiger partial charge in [-0.05, 0) is 18.9 Å². The van der Waals surface area contributed by atoms with Gasteiger partial charge in [0, 0.05) is 23.0 Å². The third-order valence-electron chi connectivity index (χ3n) is 4.11. The predicted octanol–water partition coefficient (Wildman–Crippen LogP) is 2.51. The van der Waals surface area contributed by atoms with Gasteiger partial charge in [-0.15, -0.1) is 0 Å². The van der Waals surface area contributed by atoms with Gasteiger partial charge in [-0.25, -0.2) is 0 Å². The molecule has 3 N–H and O–H groups in total. The minimum Gasteiger partial charge on any atom is -0.360 e. The number of hydrazine groups is 1. The van der Waals surface area contributed by atoms with Crippen LogP contribution in [-0.2, 0) is 4.79 Å². The van der Waals surface area contributed by atoms with Gasteiger partial charge in [-0.3, -0.25) is 20.4 Å². The molecule has 0 bridgehead atoms. The number of rotatable bonds is 2. The average Bonchev–Trinajstić information content (AvgIpc) is 2.97. The number of fused-ring (bicyclic) bond motifs is 1. The van der Waals surface area contributed by atoms with E-state index in [-0.39, 0.29) is 17.7 Å². The minimum atomic E-state index is -0.295. The van der Waals surface area contributed by atoms with E-state index in [1.165, 1.54) is 6.42 Å². The van der Waals surface area contributed by atoms with Crippen molar-refractivity contribution < 1.29 is 9.59 Å². The number of carbonyl (C=O) groups excluding carboxylic acids is 2. The molecule has 1 heterocycles. The Bertz CT molecular complexity index is 656. The van der Waals surface area contributed by atoms with Gasteiger partial charge in [0.25, 0.3) is 5.91 Å². The predicted molar refractivity (Wildman–Crippen MR) is 80.5 cm³/mol. The molecule has 110 valence electrons. The van der Waals surface area contributed by atoms with Crippen molar-refractivity contribution in [1.29, 1.82) is 0 Å². The first-order valence-corrected chi connectivity index (χ1v) is 7.42. The molecule has 0 unspecified atom stereocenters. The molecule has 1 saturated carbocycles. The Kier molecular flexibility index (Phi) is 3.90. The monoisotopic (exact) mass is 285 g/mol. The maximum absolute atomic E-state index is 12.2. The van der Waals surface area contributed by atoms with Gasteiger partial charge in [0.2, 0.25) is 5.91 Å². The zero-order valence-corrected chi connectivity index (χ0v) is 11.8. The fourth-order valence-electron chi connectivity index (χ4n) is 2.91. The van der Waals surface area contributed by atoms with Crippen LogP contribution in [0.1, 0.15) is 42.5 Å². The van der Waals surface area contributed by atoms with Gasteiger partial charge < -0.3 is 4.98 Å². The van der Waals surface area contributed by atoms with Gasteiger partial charge in [-0.1, -0.05) is 37.5 Å². The molecule has 5 nitrogen and oxygen atoms in total. The molecule has 1 fully saturated rings. The summed E-state index contributed by atoms with van der Waals surface area (Å²) in [5.74, 6) is -0.346. The lowest BCUT2D eigenvalue weighted by Crippen LogP contribution is -2.44. The molecular formula is C16H19N3O2. The topological polar surface area (TPSA) is 74.0 Å². The third kappa shape index (κ3) is 2.91. The molecule has 21 heavy (non-hydrogen) atoms. The Balaban J connectivity index is 1.62. The molecule has 0 radical (unpaired) electrons. The van der Waals surface area contributed by atoms with Crippen LogP contribution >= 0.6 is 0 Å². The number of nitrogens with one attached hydrogen (secondary N) is 3. The first-order chi connectivity index (χ1) is 10.3. The molecule has 1 aliphatic rings. The smallest absolute Gasteiger partial charge is 0.271 e. The van der Waals surface area contributed by atoms with Crippen LogP contribution < -0.4 is 10.9 Å². The number of benzene rings is 1. The van der Waals surface area contributed by atoms with E-state index in [0.717, 1.165) is 36.6 Å². The highest BCUT2D eigenvalue weighted by Crippen LogP contribution is 2.23. The average molecular weight is 285 g/mol. The van der Waals surface area contributed by atoms with Crippen molar-refractivity contribution in [2.75, 3.05) is 0 Å². The highest BCUT2D eigenvalue weighted by atomic mass is 16.2. The van der Waals surface area contributed by atoms with Crippen molar-refractivity contribution in [3.63, 3.8) is 0 Å². The number of hydrogen-bond donors (Lipinski definition) is 3. The number of amides is 2. The summed E-state index contributed by atoms with van der Waals surface area (Å²) < 4.78 is 0. The summed E-state index contributed by atoms with van der Waals surface area (Å²) in [7, 11) is 0. The van der Waals surface area contributed by atoms with Crippen LogP contribution in [0.3, 0.4) is 0 Å². The fraction of sp³-hybridized carbons (Fsp3) is 0.375. The molecule has 2 amide bonds. The highest BCUT2D eigenvalue weighted by Gasteiger charge is 2.21. The van der Waals surface area contributed by atoms with E-state index in [4.69, 9.17) is 0 Å². The van der Waals surface area contributed by atoms with Gasteiger partial charge in [-0.2, -0.15) is 0 Å². The molecule has 0 saturated heterocycles. The van der Waals surface area contributed by atoms with E-state index in [9.17, 15) is 9.59 Å². The maximum Gasteiger partial charge on any atom is 0.271 e. The molecule has 1 aromatic heterocycles. The van der Waals surface area contributed by atoms with Crippen LogP contribution in [0, 0.1) is 5.92 Å². The van der Waals surface area contributed by atoms with Crippen LogP contribution in [0.2, 0.25) is 0 Å². The largest absolute Gasteiger partial charge is 0.360 e. The third-order valence-corrected chi connectivity index (χ3v) is 4.11. The summed E-state index contributed by atoms with van der Waals surface area (Å²) in [5, 5.41) is 0.849. The number of carbonyl (C=O) groups is 2. The normalized spacial score (nSPS) is 15.8. The second kappa shape index (κ2) is 5.99. The Labute approximate surface area is 123 Å². The Morgan fingerprint density at radius 1 is 1.05 bits per heavy atom. The molecule has 5 heteroatoms. The van der Waals surface area contributed by atoms with Crippen molar-refractivity contribution in [2.24, 2.45) is 5.92 Å². The molecule has 1 aliphatic carbocycles. The number of aromatic amines is 1. The number of H-pyrrole nitrogens is 1. The summed E-state index contributed by atoms with van der Waals surface area (Å²) in [6.07, 6.45) is 6.87. The SMILES string of the molecule is O=C(NNC(=O)C1CCCCC1)c1c[nH]c2ccccc12. The van der Waals surface area contributed by atoms with Crippen molar-refractivity contribution >= 4 is 22.7 Å². The summed E-state index contributed by atoms with van der Waals surface area (Å²) >= 11 is 0. The quantitative estimate of drug-likeness (QED) is 0.742. The van der Waals surface area contributed by atoms with Crippen molar-refractivity contribution in [2.45, 2.75) is 32.1 Å². The van der Waals surface area contributed by atoms with Crippen molar-refractivity contribution in [3.05, 3.63) is 36.0 Å². The van der Waals surface area contributed by atoms with Crippen molar-refractivity contribution in [3.8, 4) is 0 Å². The molecular weight excluding hydrogens is 266 g/mol. The lowest BCUT2D eigenvalue weighted by molar-refractivity contribution is -0.126. The van der Waals surface area contributed by atoms with Gasteiger partial charge in [0.05, 0.1) is 5.56 Å². The Hall–Kier alpha value is -2.30. The first kappa shape index (κ1) is 13.7. The van der Waals surface area contributed by atoms with Crippen LogP contribution in [0.5, 0.6) is 0 Å². The van der Waals surface area contributed by atoms with E-state index in [0.29, 0.717) is 5.56 Å². The van der Waals surface area contributed by atoms with E-state index in [2.05, 4.69) is 15.8 Å². The number of hydrogen-bond acceptors (Lipinski definition) is 2. The van der Waals surface area contributed by atoms with Gasteiger partial charge in [0.15, 0.2) is 0 Å². The van der Waals surface area contributed by atoms with Crippen LogP contribution in [0.4, 0.5) is 0 Å². The molecule has 3 rings (SSSR count). The summed E-state index contributed by atoms with van der Waals surface area (Å²) in [4.78, 5) is 27.2. The zero-order chi connectivity index (χ0) is 14.7. The second-order valence-corrected chi connectivity index (χ2v) is 5.53. The summed E-state index contributed by atoms with van der Waals surface area (Å²) in [5.41, 5.74) is 6.51. The highest BCUT2D eigenvalue weighted by molar-refractivity contribution is 6.07. The number of para-hydroxylation sites is 1. The van der Waals surface area contributed by atoms with Crippen LogP contribution in [0.15, 0.2) is 30.5 Å². The summed E-state index contributed by atoms with van der Waals surface area (Å²) in [6.45, 7) is 0. The molecule has 0 atom stereocenters. The Morgan fingerprint density at radius 2 is 1.81 bits per heavy atom. The number of aromatic nitrogens is 1. The zero-order valence-electron chi connectivity index (χ0n) is 11.8. The maximum atomic E-state index is 12.2. The van der Waals surface area contributed by atoms with Gasteiger partial charge >= 0.3 is 0 Å². The Morgan fingerprint density at radius 3 is 2.62 bits per heavy atom. The van der Waals surface area contributed by atoms with E-state index in [1.807, 2.05) is 24.3 Å². The fourth-order valence-corrected chi connectivity index (χ4v) is 2.91. The van der Waals surface area contributed by atoms with Crippen LogP contribution in [-0.4, -0.2) is 16.8 Å².